The maximum absolute atomic E-state index is 14.4. The van der Waals surface area contributed by atoms with Crippen LogP contribution in [0.2, 0.25) is 0 Å². The summed E-state index contributed by atoms with van der Waals surface area (Å²) in [4.78, 5) is 33.7. The first kappa shape index (κ1) is 43.2. The quantitative estimate of drug-likeness (QED) is 0.0568. The Kier molecular flexibility index (Phi) is 19.8. The summed E-state index contributed by atoms with van der Waals surface area (Å²) in [6.07, 6.45) is -2.81. The Hall–Kier alpha value is -2.79. The summed E-state index contributed by atoms with van der Waals surface area (Å²) in [5.41, 5.74) is 12.0. The lowest BCUT2D eigenvalue weighted by atomic mass is 10.1. The number of aliphatic hydroxyl groups excluding tert-OH is 2. The van der Waals surface area contributed by atoms with Crippen molar-refractivity contribution in [1.29, 1.82) is 0 Å². The van der Waals surface area contributed by atoms with Gasteiger partial charge in [-0.05, 0) is 51.4 Å². The van der Waals surface area contributed by atoms with Crippen LogP contribution in [0, 0.1) is 11.8 Å². The Labute approximate surface area is 284 Å². The van der Waals surface area contributed by atoms with Crippen LogP contribution < -0.4 is 31.7 Å². The number of rotatable bonds is 25. The molecule has 2 unspecified atom stereocenters. The third-order valence-corrected chi connectivity index (χ3v) is 8.63. The van der Waals surface area contributed by atoms with Crippen molar-refractivity contribution < 1.29 is 47.8 Å². The molecule has 0 aliphatic heterocycles. The first-order chi connectivity index (χ1) is 22.6. The zero-order chi connectivity index (χ0) is 36.4. The molecule has 1 aromatic heterocycles. The summed E-state index contributed by atoms with van der Waals surface area (Å²) < 4.78 is 41.7. The second kappa shape index (κ2) is 22.0. The average Bonchev–Trinajstić information content (AvgIpc) is 3.00. The Balaban J connectivity index is 3.17. The van der Waals surface area contributed by atoms with Crippen LogP contribution in [0.3, 0.4) is 0 Å². The van der Waals surface area contributed by atoms with Crippen molar-refractivity contribution in [3.63, 3.8) is 0 Å². The number of nitrogens with two attached hydrogens (primary N) is 2. The molecule has 9 N–H and O–H groups in total. The lowest BCUT2D eigenvalue weighted by Gasteiger charge is -2.31. The van der Waals surface area contributed by atoms with Gasteiger partial charge in [0.1, 0.15) is 30.0 Å². The number of hydrogen-bond acceptors (Lipinski definition) is 15. The number of nitrogen functional groups attached to an aromatic ring is 2. The third-order valence-electron chi connectivity index (χ3n) is 6.81. The van der Waals surface area contributed by atoms with Crippen LogP contribution in [0.5, 0.6) is 5.88 Å². The van der Waals surface area contributed by atoms with Crippen LogP contribution in [0.4, 0.5) is 17.5 Å². The molecule has 0 aliphatic carbocycles. The van der Waals surface area contributed by atoms with E-state index in [2.05, 4.69) is 25.5 Å². The van der Waals surface area contributed by atoms with Crippen LogP contribution in [-0.4, -0.2) is 103 Å². The van der Waals surface area contributed by atoms with Gasteiger partial charge in [-0.1, -0.05) is 34.6 Å². The highest BCUT2D eigenvalue weighted by Gasteiger charge is 2.38. The van der Waals surface area contributed by atoms with Gasteiger partial charge in [-0.3, -0.25) is 14.2 Å². The summed E-state index contributed by atoms with van der Waals surface area (Å²) in [5.74, 6) is -1.13. The van der Waals surface area contributed by atoms with Gasteiger partial charge in [0, 0.05) is 13.7 Å². The van der Waals surface area contributed by atoms with E-state index in [4.69, 9.17) is 34.9 Å². The number of anilines is 3. The van der Waals surface area contributed by atoms with Crippen molar-refractivity contribution in [3.8, 4) is 5.88 Å². The summed E-state index contributed by atoms with van der Waals surface area (Å²) >= 11 is 0. The number of methoxy groups -OCH3 is 1. The molecular formula is C30H58N7O10P. The third kappa shape index (κ3) is 15.2. The fourth-order valence-electron chi connectivity index (χ4n) is 4.55. The predicted molar refractivity (Wildman–Crippen MR) is 182 cm³/mol. The molecular weight excluding hydrogens is 649 g/mol. The first-order valence-corrected chi connectivity index (χ1v) is 18.0. The van der Waals surface area contributed by atoms with Crippen LogP contribution in [0.25, 0.3) is 0 Å². The van der Waals surface area contributed by atoms with Gasteiger partial charge in [-0.25, -0.2) is 10.2 Å². The molecule has 17 nitrogen and oxygen atoms in total. The fourth-order valence-corrected chi connectivity index (χ4v) is 6.37. The Morgan fingerprint density at radius 2 is 1.46 bits per heavy atom. The number of nitrogens with one attached hydrogen (secondary N) is 3. The largest absolute Gasteiger partial charge is 0.476 e. The molecule has 0 saturated heterocycles. The maximum Gasteiger partial charge on any atom is 0.342 e. The molecule has 0 spiro atoms. The molecule has 5 atom stereocenters. The second-order valence-electron chi connectivity index (χ2n) is 12.0. The van der Waals surface area contributed by atoms with E-state index in [1.54, 1.807) is 13.8 Å². The molecule has 0 radical (unpaired) electrons. The summed E-state index contributed by atoms with van der Waals surface area (Å²) in [5, 5.41) is 30.4. The molecule has 278 valence electrons. The Bertz CT molecular complexity index is 1130. The molecule has 0 aliphatic rings. The zero-order valence-electron chi connectivity index (χ0n) is 29.6. The van der Waals surface area contributed by atoms with Crippen LogP contribution in [0.1, 0.15) is 74.1 Å². The number of carbonyl (C=O) groups is 2. The number of aromatic nitrogens is 2. The molecule has 1 rings (SSSR count). The van der Waals surface area contributed by atoms with E-state index >= 15 is 0 Å². The maximum atomic E-state index is 14.4. The molecule has 0 fully saturated rings. The SMILES string of the molecule is CCCOc1nc(N)nc(N)c1NCC[C@@H](O)C(O)C(COP(=O)(N[C@@H](CC(C)C)C(=O)OCC)N[C@@H](CC(C)C)C(=O)OCC)OC. The van der Waals surface area contributed by atoms with Gasteiger partial charge in [-0.15, -0.1) is 0 Å². The molecule has 18 heteroatoms. The van der Waals surface area contributed by atoms with Gasteiger partial charge in [0.15, 0.2) is 5.82 Å². The first-order valence-electron chi connectivity index (χ1n) is 16.4. The van der Waals surface area contributed by atoms with Gasteiger partial charge in [0.05, 0.1) is 32.5 Å². The van der Waals surface area contributed by atoms with E-state index in [0.29, 0.717) is 12.3 Å². The summed E-state index contributed by atoms with van der Waals surface area (Å²) in [6, 6.07) is -2.10. The summed E-state index contributed by atoms with van der Waals surface area (Å²) in [7, 11) is -2.97. The van der Waals surface area contributed by atoms with Crippen molar-refractivity contribution in [2.75, 3.05) is 56.9 Å². The Morgan fingerprint density at radius 1 is 0.917 bits per heavy atom. The van der Waals surface area contributed by atoms with Gasteiger partial charge >= 0.3 is 19.6 Å². The Morgan fingerprint density at radius 3 is 1.92 bits per heavy atom. The molecule has 0 saturated carbocycles. The minimum absolute atomic E-state index is 0.00128. The van der Waals surface area contributed by atoms with Crippen LogP contribution in [-0.2, 0) is 32.9 Å². The lowest BCUT2D eigenvalue weighted by Crippen LogP contribution is -2.47. The number of hydrogen-bond donors (Lipinski definition) is 7. The second-order valence-corrected chi connectivity index (χ2v) is 13.9. The van der Waals surface area contributed by atoms with Crippen LogP contribution >= 0.6 is 7.67 Å². The topological polar surface area (TPSA) is 252 Å². The molecule has 48 heavy (non-hydrogen) atoms. The highest BCUT2D eigenvalue weighted by Crippen LogP contribution is 2.41. The van der Waals surface area contributed by atoms with Crippen molar-refractivity contribution >= 4 is 37.1 Å². The summed E-state index contributed by atoms with van der Waals surface area (Å²) in [6.45, 7) is 12.9. The minimum atomic E-state index is -4.26. The highest BCUT2D eigenvalue weighted by atomic mass is 31.2. The van der Waals surface area contributed by atoms with E-state index < -0.39 is 56.6 Å². The molecule has 1 aromatic rings. The number of carbonyl (C=O) groups excluding carboxylic acids is 2. The molecule has 0 amide bonds. The highest BCUT2D eigenvalue weighted by molar-refractivity contribution is 7.54. The monoisotopic (exact) mass is 707 g/mol. The van der Waals surface area contributed by atoms with Crippen LogP contribution in [0.15, 0.2) is 0 Å². The molecule has 1 heterocycles. The number of ether oxygens (including phenoxy) is 4. The zero-order valence-corrected chi connectivity index (χ0v) is 30.5. The minimum Gasteiger partial charge on any atom is -0.476 e. The van der Waals surface area contributed by atoms with E-state index in [0.717, 1.165) is 6.42 Å². The lowest BCUT2D eigenvalue weighted by molar-refractivity contribution is -0.146. The van der Waals surface area contributed by atoms with Gasteiger partial charge in [-0.2, -0.15) is 9.97 Å². The average molecular weight is 708 g/mol. The van der Waals surface area contributed by atoms with Crippen molar-refractivity contribution in [2.45, 2.75) is 105 Å². The number of nitrogens with zero attached hydrogens (tertiary/aromatic N) is 2. The van der Waals surface area contributed by atoms with Crippen molar-refractivity contribution in [1.82, 2.24) is 20.1 Å². The molecule has 0 aromatic carbocycles. The molecule has 0 bridgehead atoms. The van der Waals surface area contributed by atoms with Crippen molar-refractivity contribution in [3.05, 3.63) is 0 Å². The predicted octanol–water partition coefficient (Wildman–Crippen LogP) is 2.23. The van der Waals surface area contributed by atoms with E-state index in [-0.39, 0.29) is 68.5 Å². The number of esters is 2. The fraction of sp³-hybridized carbons (Fsp3) is 0.800. The normalized spacial score (nSPS) is 15.1. The van der Waals surface area contributed by atoms with E-state index in [1.807, 2.05) is 34.6 Å². The van der Waals surface area contributed by atoms with E-state index in [9.17, 15) is 24.4 Å². The van der Waals surface area contributed by atoms with Gasteiger partial charge < -0.3 is 50.5 Å². The van der Waals surface area contributed by atoms with Crippen molar-refractivity contribution in [2.24, 2.45) is 11.8 Å². The van der Waals surface area contributed by atoms with Gasteiger partial charge in [0.25, 0.3) is 0 Å². The van der Waals surface area contributed by atoms with E-state index in [1.165, 1.54) is 7.11 Å². The standard InChI is InChI=1S/C30H58N7O10P/c1-9-14-46-27-24(26(31)34-30(32)35-27)33-13-12-22(38)25(39)23(43-8)17-47-48(42,36-20(15-18(4)5)28(40)44-10-2)37-21(16-19(6)7)29(41)45-11-3/h18-23,25,33,38-39H,9-17H2,1-8H3,(H2,36,37,42)(H4,31,32,34,35)/t20-,21-,22+,23?,25?/m0/s1. The smallest absolute Gasteiger partial charge is 0.342 e. The van der Waals surface area contributed by atoms with Gasteiger partial charge in [0.2, 0.25) is 11.8 Å². The number of aliphatic hydroxyl groups is 2.